The summed E-state index contributed by atoms with van der Waals surface area (Å²) in [5.41, 5.74) is 4.36. The molecule has 1 aromatic heterocycles. The third-order valence-electron chi connectivity index (χ3n) is 1.67. The quantitative estimate of drug-likeness (QED) is 0.289. The van der Waals surface area contributed by atoms with E-state index in [1.165, 1.54) is 0 Å². The Labute approximate surface area is 103 Å². The topological polar surface area (TPSA) is 49.6 Å². The first-order valence-electron chi connectivity index (χ1n) is 4.60. The summed E-state index contributed by atoms with van der Waals surface area (Å²) in [4.78, 5) is 8.16. The molecule has 0 aliphatic carbocycles. The first kappa shape index (κ1) is 12.4. The molecular formula is C11H11N4Se. The fourth-order valence-electron chi connectivity index (χ4n) is 0.919. The Bertz CT molecular complexity index is 431. The Morgan fingerprint density at radius 1 is 1.62 bits per heavy atom. The Hall–Kier alpha value is -1.63. The Balaban J connectivity index is 2.62. The number of hydrogen-bond donors (Lipinski definition) is 1. The third-order valence-corrected chi connectivity index (χ3v) is 2.13. The van der Waals surface area contributed by atoms with Crippen LogP contribution in [0, 0.1) is 12.3 Å². The van der Waals surface area contributed by atoms with Gasteiger partial charge in [0.1, 0.15) is 0 Å². The maximum atomic E-state index is 5.08. The molecule has 0 aromatic carbocycles. The summed E-state index contributed by atoms with van der Waals surface area (Å²) in [5, 5.41) is 4.12. The van der Waals surface area contributed by atoms with Crippen LogP contribution in [0.25, 0.3) is 0 Å². The Morgan fingerprint density at radius 2 is 2.44 bits per heavy atom. The zero-order valence-corrected chi connectivity index (χ0v) is 10.6. The third kappa shape index (κ3) is 4.26. The molecule has 5 heteroatoms. The van der Waals surface area contributed by atoms with E-state index in [1.807, 2.05) is 25.1 Å². The van der Waals surface area contributed by atoms with Gasteiger partial charge in [0, 0.05) is 0 Å². The van der Waals surface area contributed by atoms with Crippen LogP contribution < -0.4 is 5.43 Å². The van der Waals surface area contributed by atoms with Gasteiger partial charge in [0.05, 0.1) is 0 Å². The number of aromatic nitrogens is 1. The van der Waals surface area contributed by atoms with Crippen molar-refractivity contribution in [3.05, 3.63) is 30.1 Å². The van der Waals surface area contributed by atoms with E-state index in [0.29, 0.717) is 11.3 Å². The molecule has 0 aliphatic heterocycles. The van der Waals surface area contributed by atoms with Gasteiger partial charge in [0.15, 0.2) is 0 Å². The average Bonchev–Trinajstić information content (AvgIpc) is 2.34. The van der Waals surface area contributed by atoms with E-state index < -0.39 is 0 Å². The van der Waals surface area contributed by atoms with Gasteiger partial charge >= 0.3 is 103 Å². The van der Waals surface area contributed by atoms with E-state index in [2.05, 4.69) is 42.4 Å². The van der Waals surface area contributed by atoms with Gasteiger partial charge in [-0.15, -0.1) is 0 Å². The Morgan fingerprint density at radius 3 is 3.06 bits per heavy atom. The van der Waals surface area contributed by atoms with Crippen LogP contribution in [0.4, 0.5) is 0 Å². The zero-order chi connectivity index (χ0) is 11.8. The van der Waals surface area contributed by atoms with Gasteiger partial charge in [-0.3, -0.25) is 0 Å². The average molecular weight is 278 g/mol. The standard InChI is InChI=1S/C11H11N4Se/c1-3-7-13-11(16)15-14-9(2)10-6-4-5-8-12-10/h1,4-6,8H,7H2,2H3,(H,13,15). The molecule has 1 heterocycles. The second kappa shape index (κ2) is 6.78. The van der Waals surface area contributed by atoms with Crippen molar-refractivity contribution < 1.29 is 0 Å². The van der Waals surface area contributed by atoms with Crippen molar-refractivity contribution in [3.63, 3.8) is 0 Å². The molecule has 0 saturated heterocycles. The predicted octanol–water partition coefficient (Wildman–Crippen LogP) is 0.553. The van der Waals surface area contributed by atoms with Gasteiger partial charge in [-0.05, 0) is 0 Å². The second-order valence-corrected chi connectivity index (χ2v) is 3.66. The first-order valence-corrected chi connectivity index (χ1v) is 5.46. The molecule has 1 aromatic rings. The number of hydrazone groups is 1. The number of pyridine rings is 1. The van der Waals surface area contributed by atoms with Crippen LogP contribution in [0.15, 0.2) is 34.5 Å². The summed E-state index contributed by atoms with van der Waals surface area (Å²) in [6.07, 6.45) is 6.80. The number of rotatable bonds is 3. The number of aliphatic imine (C=N–C) groups is 1. The van der Waals surface area contributed by atoms with Crippen molar-refractivity contribution in [2.45, 2.75) is 6.92 Å². The van der Waals surface area contributed by atoms with E-state index >= 15 is 0 Å². The van der Waals surface area contributed by atoms with Crippen LogP contribution >= 0.6 is 0 Å². The molecular weight excluding hydrogens is 267 g/mol. The molecule has 0 saturated carbocycles. The molecule has 0 unspecified atom stereocenters. The van der Waals surface area contributed by atoms with Crippen molar-refractivity contribution in [1.29, 1.82) is 0 Å². The van der Waals surface area contributed by atoms with Crippen LogP contribution in [-0.2, 0) is 0 Å². The van der Waals surface area contributed by atoms with Gasteiger partial charge in [0.2, 0.25) is 0 Å². The van der Waals surface area contributed by atoms with Crippen LogP contribution in [0.1, 0.15) is 12.6 Å². The maximum absolute atomic E-state index is 5.08. The molecule has 0 fully saturated rings. The molecule has 1 radical (unpaired) electrons. The molecule has 0 bridgehead atoms. The molecule has 1 rings (SSSR count). The van der Waals surface area contributed by atoms with Gasteiger partial charge in [-0.1, -0.05) is 0 Å². The van der Waals surface area contributed by atoms with Crippen molar-refractivity contribution in [2.75, 3.05) is 6.54 Å². The van der Waals surface area contributed by atoms with Crippen molar-refractivity contribution >= 4 is 26.5 Å². The normalized spacial score (nSPS) is 12.0. The van der Waals surface area contributed by atoms with Crippen LogP contribution in [0.2, 0.25) is 0 Å². The second-order valence-electron chi connectivity index (χ2n) is 2.85. The zero-order valence-electron chi connectivity index (χ0n) is 8.84. The van der Waals surface area contributed by atoms with E-state index in [-0.39, 0.29) is 0 Å². The SMILES string of the molecule is C#CCN=C([Se])NN=C(C)c1ccccn1. The predicted molar refractivity (Wildman–Crippen MR) is 66.5 cm³/mol. The number of nitrogens with zero attached hydrogens (tertiary/aromatic N) is 3. The molecule has 1 N–H and O–H groups in total. The van der Waals surface area contributed by atoms with Crippen molar-refractivity contribution in [3.8, 4) is 12.3 Å². The molecule has 0 amide bonds. The molecule has 0 aliphatic rings. The number of nitrogens with one attached hydrogen (secondary N) is 1. The Kier molecular flexibility index (Phi) is 5.27. The molecule has 16 heavy (non-hydrogen) atoms. The summed E-state index contributed by atoms with van der Waals surface area (Å²) in [6.45, 7) is 2.19. The van der Waals surface area contributed by atoms with Gasteiger partial charge in [-0.2, -0.15) is 0 Å². The number of amidine groups is 1. The van der Waals surface area contributed by atoms with Gasteiger partial charge in [0.25, 0.3) is 0 Å². The van der Waals surface area contributed by atoms with Gasteiger partial charge < -0.3 is 0 Å². The van der Waals surface area contributed by atoms with Crippen molar-refractivity contribution in [2.24, 2.45) is 10.1 Å². The summed E-state index contributed by atoms with van der Waals surface area (Å²) in [6, 6.07) is 5.66. The summed E-state index contributed by atoms with van der Waals surface area (Å²) >= 11 is 2.73. The number of hydrogen-bond acceptors (Lipinski definition) is 3. The fourth-order valence-corrected chi connectivity index (χ4v) is 1.15. The van der Waals surface area contributed by atoms with Crippen LogP contribution in [0.5, 0.6) is 0 Å². The minimum atomic E-state index is 0.327. The van der Waals surface area contributed by atoms with E-state index in [0.717, 1.165) is 11.4 Å². The van der Waals surface area contributed by atoms with E-state index in [4.69, 9.17) is 6.42 Å². The van der Waals surface area contributed by atoms with Crippen molar-refractivity contribution in [1.82, 2.24) is 10.4 Å². The van der Waals surface area contributed by atoms with E-state index in [1.54, 1.807) is 6.20 Å². The number of terminal acetylenes is 1. The monoisotopic (exact) mass is 279 g/mol. The first-order chi connectivity index (χ1) is 7.74. The minimum absolute atomic E-state index is 0.327. The summed E-state index contributed by atoms with van der Waals surface area (Å²) in [7, 11) is 0. The summed E-state index contributed by atoms with van der Waals surface area (Å²) in [5.74, 6) is 2.41. The fraction of sp³-hybridized carbons (Fsp3) is 0.182. The molecule has 4 nitrogen and oxygen atoms in total. The van der Waals surface area contributed by atoms with E-state index in [9.17, 15) is 0 Å². The van der Waals surface area contributed by atoms with Crippen LogP contribution in [-0.4, -0.2) is 38.0 Å². The van der Waals surface area contributed by atoms with Gasteiger partial charge in [-0.25, -0.2) is 0 Å². The summed E-state index contributed by atoms with van der Waals surface area (Å²) < 4.78 is 0.563. The molecule has 81 valence electrons. The van der Waals surface area contributed by atoms with Crippen LogP contribution in [0.3, 0.4) is 0 Å². The molecule has 0 spiro atoms. The molecule has 0 atom stereocenters.